The summed E-state index contributed by atoms with van der Waals surface area (Å²) >= 11 is 4.73. The number of benzene rings is 1. The number of ether oxygens (including phenoxy) is 1. The summed E-state index contributed by atoms with van der Waals surface area (Å²) in [6.45, 7) is 1.45. The van der Waals surface area contributed by atoms with E-state index < -0.39 is 5.97 Å². The largest absolute Gasteiger partial charge is 0.489 e. The molecule has 0 atom stereocenters. The van der Waals surface area contributed by atoms with Crippen molar-refractivity contribution in [2.45, 2.75) is 18.9 Å². The van der Waals surface area contributed by atoms with Crippen molar-refractivity contribution in [3.05, 3.63) is 46.4 Å². The monoisotopic (exact) mass is 479 g/mol. The summed E-state index contributed by atoms with van der Waals surface area (Å²) in [6.07, 6.45) is 4.02. The molecule has 8 nitrogen and oxygen atoms in total. The van der Waals surface area contributed by atoms with Gasteiger partial charge in [0.2, 0.25) is 5.13 Å². The Balaban J connectivity index is 1.38. The van der Waals surface area contributed by atoms with Crippen LogP contribution in [-0.2, 0) is 0 Å². The van der Waals surface area contributed by atoms with Crippen molar-refractivity contribution in [2.24, 2.45) is 0 Å². The number of nitrogens with zero attached hydrogens (tertiary/aromatic N) is 5. The normalized spacial score (nSPS) is 14.8. The first kappa shape index (κ1) is 19.6. The minimum Gasteiger partial charge on any atom is -0.489 e. The van der Waals surface area contributed by atoms with E-state index in [1.807, 2.05) is 0 Å². The zero-order valence-corrected chi connectivity index (χ0v) is 17.4. The van der Waals surface area contributed by atoms with Gasteiger partial charge in [-0.25, -0.2) is 19.2 Å². The van der Waals surface area contributed by atoms with Crippen molar-refractivity contribution in [2.75, 3.05) is 18.0 Å². The highest BCUT2D eigenvalue weighted by Gasteiger charge is 2.24. The van der Waals surface area contributed by atoms with E-state index in [9.17, 15) is 9.18 Å². The van der Waals surface area contributed by atoms with Gasteiger partial charge in [0, 0.05) is 44.4 Å². The average molecular weight is 480 g/mol. The van der Waals surface area contributed by atoms with Gasteiger partial charge in [0.15, 0.2) is 10.8 Å². The highest BCUT2D eigenvalue weighted by molar-refractivity contribution is 9.10. The molecule has 3 aromatic rings. The Morgan fingerprint density at radius 1 is 1.24 bits per heavy atom. The van der Waals surface area contributed by atoms with Crippen LogP contribution < -0.4 is 9.64 Å². The van der Waals surface area contributed by atoms with Gasteiger partial charge in [-0.05, 0) is 28.1 Å². The van der Waals surface area contributed by atoms with Crippen molar-refractivity contribution in [1.82, 2.24) is 20.2 Å². The summed E-state index contributed by atoms with van der Waals surface area (Å²) in [4.78, 5) is 21.1. The molecular formula is C18H15BrFN5O3S. The summed E-state index contributed by atoms with van der Waals surface area (Å²) in [6, 6.07) is 4.39. The number of aromatic nitrogens is 4. The Kier molecular flexibility index (Phi) is 5.67. The van der Waals surface area contributed by atoms with Crippen LogP contribution in [0, 0.1) is 5.82 Å². The molecule has 0 aliphatic carbocycles. The molecule has 1 N–H and O–H groups in total. The Labute approximate surface area is 177 Å². The predicted octanol–water partition coefficient (Wildman–Crippen LogP) is 3.64. The van der Waals surface area contributed by atoms with Crippen LogP contribution in [0.5, 0.6) is 5.75 Å². The van der Waals surface area contributed by atoms with Gasteiger partial charge in [-0.2, -0.15) is 0 Å². The first-order valence-electron chi connectivity index (χ1n) is 8.75. The lowest BCUT2D eigenvalue weighted by molar-refractivity contribution is 0.0696. The molecule has 150 valence electrons. The molecule has 2 aromatic heterocycles. The van der Waals surface area contributed by atoms with Crippen LogP contribution in [0.1, 0.15) is 23.2 Å². The van der Waals surface area contributed by atoms with Crippen LogP contribution in [0.4, 0.5) is 9.52 Å². The van der Waals surface area contributed by atoms with Crippen molar-refractivity contribution in [3.8, 4) is 16.6 Å². The lowest BCUT2D eigenvalue weighted by atomic mass is 10.1. The van der Waals surface area contributed by atoms with Gasteiger partial charge in [-0.1, -0.05) is 11.3 Å². The summed E-state index contributed by atoms with van der Waals surface area (Å²) in [5, 5.41) is 18.5. The first-order valence-corrected chi connectivity index (χ1v) is 10.4. The average Bonchev–Trinajstić information content (AvgIpc) is 3.21. The Morgan fingerprint density at radius 2 is 1.97 bits per heavy atom. The molecule has 0 bridgehead atoms. The van der Waals surface area contributed by atoms with Gasteiger partial charge in [0.25, 0.3) is 0 Å². The van der Waals surface area contributed by atoms with E-state index in [0.717, 1.165) is 35.5 Å². The molecule has 1 aliphatic rings. The highest BCUT2D eigenvalue weighted by atomic mass is 79.9. The van der Waals surface area contributed by atoms with E-state index in [4.69, 9.17) is 9.84 Å². The molecule has 0 saturated carbocycles. The maximum Gasteiger partial charge on any atom is 0.338 e. The molecule has 1 saturated heterocycles. The van der Waals surface area contributed by atoms with E-state index in [2.05, 4.69) is 41.0 Å². The lowest BCUT2D eigenvalue weighted by Crippen LogP contribution is -2.38. The number of halogens is 2. The van der Waals surface area contributed by atoms with Crippen LogP contribution in [0.2, 0.25) is 0 Å². The number of carboxylic acids is 1. The highest BCUT2D eigenvalue weighted by Crippen LogP contribution is 2.31. The van der Waals surface area contributed by atoms with E-state index in [1.165, 1.54) is 35.9 Å². The van der Waals surface area contributed by atoms with E-state index in [0.29, 0.717) is 16.6 Å². The van der Waals surface area contributed by atoms with Crippen molar-refractivity contribution < 1.29 is 19.0 Å². The van der Waals surface area contributed by atoms with E-state index >= 15 is 0 Å². The molecule has 0 unspecified atom stereocenters. The lowest BCUT2D eigenvalue weighted by Gasteiger charge is -2.31. The topological polar surface area (TPSA) is 101 Å². The molecule has 11 heteroatoms. The standard InChI is InChI=1S/C18H15BrFN5O3S/c19-13-2-1-11(20)7-14(13)28-12-3-5-25(6-4-12)18-24-23-16(29-18)15-21-8-10(9-22-15)17(26)27/h1-2,7-9,12H,3-6H2,(H,26,27). The van der Waals surface area contributed by atoms with E-state index in [-0.39, 0.29) is 17.5 Å². The Morgan fingerprint density at radius 3 is 2.66 bits per heavy atom. The molecule has 0 radical (unpaired) electrons. The Hall–Kier alpha value is -2.66. The second kappa shape index (κ2) is 8.37. The minimum absolute atomic E-state index is 0.0105. The molecule has 29 heavy (non-hydrogen) atoms. The maximum absolute atomic E-state index is 13.4. The number of hydrogen-bond donors (Lipinski definition) is 1. The zero-order valence-electron chi connectivity index (χ0n) is 15.0. The second-order valence-corrected chi connectivity index (χ2v) is 8.18. The molecule has 4 rings (SSSR count). The smallest absolute Gasteiger partial charge is 0.338 e. The van der Waals surface area contributed by atoms with E-state index in [1.54, 1.807) is 6.07 Å². The quantitative estimate of drug-likeness (QED) is 0.591. The summed E-state index contributed by atoms with van der Waals surface area (Å²) in [7, 11) is 0. The fourth-order valence-electron chi connectivity index (χ4n) is 2.89. The zero-order chi connectivity index (χ0) is 20.4. The van der Waals surface area contributed by atoms with Crippen LogP contribution in [-0.4, -0.2) is 50.4 Å². The van der Waals surface area contributed by atoms with Gasteiger partial charge >= 0.3 is 5.97 Å². The van der Waals surface area contributed by atoms with Gasteiger partial charge in [-0.3, -0.25) is 0 Å². The SMILES string of the molecule is O=C(O)c1cnc(-c2nnc(N3CCC(Oc4cc(F)ccc4Br)CC3)s2)nc1. The fourth-order valence-corrected chi connectivity index (χ4v) is 4.08. The number of carboxylic acid groups (broad SMARTS) is 1. The summed E-state index contributed by atoms with van der Waals surface area (Å²) in [5.74, 6) is -0.568. The van der Waals surface area contributed by atoms with Crippen molar-refractivity contribution >= 4 is 38.4 Å². The second-order valence-electron chi connectivity index (χ2n) is 6.37. The number of aromatic carboxylic acids is 1. The third kappa shape index (κ3) is 4.51. The fraction of sp³-hybridized carbons (Fsp3) is 0.278. The van der Waals surface area contributed by atoms with Gasteiger partial charge in [-0.15, -0.1) is 10.2 Å². The van der Waals surface area contributed by atoms with Gasteiger partial charge < -0.3 is 14.7 Å². The summed E-state index contributed by atoms with van der Waals surface area (Å²) in [5.41, 5.74) is 0.0190. The number of anilines is 1. The molecule has 0 amide bonds. The van der Waals surface area contributed by atoms with Crippen LogP contribution >= 0.6 is 27.3 Å². The molecule has 1 aliphatic heterocycles. The molecule has 0 spiro atoms. The van der Waals surface area contributed by atoms with Crippen LogP contribution in [0.25, 0.3) is 10.8 Å². The van der Waals surface area contributed by atoms with Gasteiger partial charge in [0.05, 0.1) is 10.0 Å². The molecule has 3 heterocycles. The van der Waals surface area contributed by atoms with Crippen LogP contribution in [0.3, 0.4) is 0 Å². The predicted molar refractivity (Wildman–Crippen MR) is 108 cm³/mol. The minimum atomic E-state index is -1.08. The molecule has 1 fully saturated rings. The number of piperidine rings is 1. The molecule has 1 aromatic carbocycles. The third-order valence-corrected chi connectivity index (χ3v) is 6.04. The molecular weight excluding hydrogens is 465 g/mol. The van der Waals surface area contributed by atoms with Crippen LogP contribution in [0.15, 0.2) is 35.1 Å². The maximum atomic E-state index is 13.4. The van der Waals surface area contributed by atoms with Gasteiger partial charge in [0.1, 0.15) is 17.7 Å². The first-order chi connectivity index (χ1) is 14.0. The summed E-state index contributed by atoms with van der Waals surface area (Å²) < 4.78 is 20.1. The third-order valence-electron chi connectivity index (χ3n) is 4.40. The van der Waals surface area contributed by atoms with Crippen molar-refractivity contribution in [3.63, 3.8) is 0 Å². The number of carbonyl (C=O) groups is 1. The number of rotatable bonds is 5. The number of hydrogen-bond acceptors (Lipinski definition) is 8. The van der Waals surface area contributed by atoms with Crippen molar-refractivity contribution in [1.29, 1.82) is 0 Å². The Bertz CT molecular complexity index is 1020.